The van der Waals surface area contributed by atoms with Crippen LogP contribution in [0.5, 0.6) is 0 Å². The summed E-state index contributed by atoms with van der Waals surface area (Å²) in [5, 5.41) is 2.20. The molecule has 0 aliphatic carbocycles. The first-order valence-electron chi connectivity index (χ1n) is 3.92. The van der Waals surface area contributed by atoms with Crippen LogP contribution in [0.1, 0.15) is 19.3 Å². The van der Waals surface area contributed by atoms with E-state index in [2.05, 4.69) is 22.0 Å². The first-order valence-corrected chi connectivity index (χ1v) is 3.92. The SMILES string of the molecule is C1=C2CCCCN2NNC1. The Morgan fingerprint density at radius 1 is 1.40 bits per heavy atom. The van der Waals surface area contributed by atoms with Gasteiger partial charge in [0.15, 0.2) is 0 Å². The highest BCUT2D eigenvalue weighted by Gasteiger charge is 2.15. The van der Waals surface area contributed by atoms with Crippen LogP contribution in [-0.4, -0.2) is 18.1 Å². The van der Waals surface area contributed by atoms with E-state index in [1.165, 1.54) is 25.0 Å². The maximum Gasteiger partial charge on any atom is 0.0354 e. The van der Waals surface area contributed by atoms with Gasteiger partial charge in [-0.15, -0.1) is 0 Å². The van der Waals surface area contributed by atoms with Gasteiger partial charge in [-0.05, 0) is 25.3 Å². The molecule has 0 spiro atoms. The van der Waals surface area contributed by atoms with Crippen LogP contribution in [0.2, 0.25) is 0 Å². The summed E-state index contributed by atoms with van der Waals surface area (Å²) in [6, 6.07) is 0. The molecule has 2 heterocycles. The number of hydrogen-bond donors (Lipinski definition) is 2. The maximum atomic E-state index is 3.14. The molecule has 1 saturated heterocycles. The molecule has 0 amide bonds. The lowest BCUT2D eigenvalue weighted by Gasteiger charge is -2.34. The van der Waals surface area contributed by atoms with Crippen molar-refractivity contribution < 1.29 is 0 Å². The Hall–Kier alpha value is -0.540. The highest BCUT2D eigenvalue weighted by molar-refractivity contribution is 5.05. The average molecular weight is 139 g/mol. The number of fused-ring (bicyclic) bond motifs is 1. The largest absolute Gasteiger partial charge is 0.299 e. The van der Waals surface area contributed by atoms with Crippen molar-refractivity contribution >= 4 is 0 Å². The van der Waals surface area contributed by atoms with E-state index in [0.29, 0.717) is 0 Å². The first-order chi connectivity index (χ1) is 4.97. The second-order valence-electron chi connectivity index (χ2n) is 2.80. The monoisotopic (exact) mass is 139 g/mol. The van der Waals surface area contributed by atoms with Gasteiger partial charge in [0.2, 0.25) is 0 Å². The summed E-state index contributed by atoms with van der Waals surface area (Å²) in [7, 11) is 0. The molecule has 10 heavy (non-hydrogen) atoms. The molecule has 0 aromatic heterocycles. The lowest BCUT2D eigenvalue weighted by atomic mass is 10.1. The van der Waals surface area contributed by atoms with E-state index in [1.54, 1.807) is 0 Å². The fraction of sp³-hybridized carbons (Fsp3) is 0.714. The average Bonchev–Trinajstić information content (AvgIpc) is 2.05. The van der Waals surface area contributed by atoms with E-state index >= 15 is 0 Å². The van der Waals surface area contributed by atoms with Crippen LogP contribution in [0.15, 0.2) is 11.8 Å². The Bertz CT molecular complexity index is 153. The van der Waals surface area contributed by atoms with Crippen molar-refractivity contribution in [2.24, 2.45) is 0 Å². The Balaban J connectivity index is 2.08. The Kier molecular flexibility index (Phi) is 1.61. The molecule has 56 valence electrons. The van der Waals surface area contributed by atoms with Gasteiger partial charge >= 0.3 is 0 Å². The molecular formula is C7H13N3. The van der Waals surface area contributed by atoms with Gasteiger partial charge in [-0.2, -0.15) is 5.53 Å². The predicted octanol–water partition coefficient (Wildman–Crippen LogP) is 0.379. The van der Waals surface area contributed by atoms with Gasteiger partial charge in [0.1, 0.15) is 0 Å². The smallest absolute Gasteiger partial charge is 0.0354 e. The summed E-state index contributed by atoms with van der Waals surface area (Å²) in [5.41, 5.74) is 7.68. The Labute approximate surface area is 61.0 Å². The molecule has 3 nitrogen and oxygen atoms in total. The molecule has 0 atom stereocenters. The van der Waals surface area contributed by atoms with Crippen LogP contribution in [0, 0.1) is 0 Å². The summed E-state index contributed by atoms with van der Waals surface area (Å²) in [4.78, 5) is 0. The van der Waals surface area contributed by atoms with Crippen LogP contribution >= 0.6 is 0 Å². The zero-order valence-corrected chi connectivity index (χ0v) is 6.06. The third-order valence-corrected chi connectivity index (χ3v) is 2.07. The van der Waals surface area contributed by atoms with Crippen molar-refractivity contribution in [3.63, 3.8) is 0 Å². The van der Waals surface area contributed by atoms with Gasteiger partial charge in [0.25, 0.3) is 0 Å². The molecule has 0 bridgehead atoms. The third-order valence-electron chi connectivity index (χ3n) is 2.07. The highest BCUT2D eigenvalue weighted by atomic mass is 15.7. The number of rotatable bonds is 0. The predicted molar refractivity (Wildman–Crippen MR) is 39.8 cm³/mol. The van der Waals surface area contributed by atoms with E-state index in [9.17, 15) is 0 Å². The van der Waals surface area contributed by atoms with Gasteiger partial charge in [0.05, 0.1) is 0 Å². The zero-order valence-electron chi connectivity index (χ0n) is 6.06. The number of hydrogen-bond acceptors (Lipinski definition) is 3. The minimum absolute atomic E-state index is 0.964. The molecule has 0 radical (unpaired) electrons. The molecule has 2 aliphatic rings. The minimum Gasteiger partial charge on any atom is -0.299 e. The van der Waals surface area contributed by atoms with Crippen molar-refractivity contribution in [2.75, 3.05) is 13.1 Å². The summed E-state index contributed by atoms with van der Waals surface area (Å²) >= 11 is 0. The van der Waals surface area contributed by atoms with Crippen LogP contribution in [-0.2, 0) is 0 Å². The van der Waals surface area contributed by atoms with Crippen LogP contribution in [0.3, 0.4) is 0 Å². The highest BCUT2D eigenvalue weighted by Crippen LogP contribution is 2.18. The van der Waals surface area contributed by atoms with Crippen LogP contribution < -0.4 is 11.0 Å². The van der Waals surface area contributed by atoms with Crippen LogP contribution in [0.4, 0.5) is 0 Å². The van der Waals surface area contributed by atoms with E-state index < -0.39 is 0 Å². The van der Waals surface area contributed by atoms with Gasteiger partial charge in [-0.25, -0.2) is 5.43 Å². The number of nitrogens with one attached hydrogen (secondary N) is 2. The minimum atomic E-state index is 0.964. The summed E-state index contributed by atoms with van der Waals surface area (Å²) in [5.74, 6) is 0. The number of hydrazine groups is 2. The standard InChI is InChI=1S/C7H13N3/c1-2-6-10-7(3-1)4-5-8-9-10/h4,8-9H,1-3,5-6H2. The quantitative estimate of drug-likeness (QED) is 0.508. The van der Waals surface area contributed by atoms with E-state index in [-0.39, 0.29) is 0 Å². The van der Waals surface area contributed by atoms with Crippen LogP contribution in [0.25, 0.3) is 0 Å². The summed E-state index contributed by atoms with van der Waals surface area (Å²) in [6.07, 6.45) is 6.17. The molecule has 0 aromatic rings. The van der Waals surface area contributed by atoms with Gasteiger partial charge < -0.3 is 0 Å². The lowest BCUT2D eigenvalue weighted by Crippen LogP contribution is -2.51. The third kappa shape index (κ3) is 1.02. The normalized spacial score (nSPS) is 25.6. The molecule has 2 N–H and O–H groups in total. The van der Waals surface area contributed by atoms with Crippen molar-refractivity contribution in [3.05, 3.63) is 11.8 Å². The molecule has 2 rings (SSSR count). The maximum absolute atomic E-state index is 3.14. The fourth-order valence-electron chi connectivity index (χ4n) is 1.50. The second-order valence-corrected chi connectivity index (χ2v) is 2.80. The zero-order chi connectivity index (χ0) is 6.81. The molecule has 2 aliphatic heterocycles. The molecule has 1 fully saturated rings. The second kappa shape index (κ2) is 2.60. The number of nitrogens with zero attached hydrogens (tertiary/aromatic N) is 1. The van der Waals surface area contributed by atoms with Gasteiger partial charge in [-0.3, -0.25) is 5.01 Å². The van der Waals surface area contributed by atoms with Crippen molar-refractivity contribution in [1.29, 1.82) is 0 Å². The van der Waals surface area contributed by atoms with Crippen molar-refractivity contribution in [1.82, 2.24) is 16.0 Å². The van der Waals surface area contributed by atoms with E-state index in [0.717, 1.165) is 13.1 Å². The summed E-state index contributed by atoms with van der Waals surface area (Å²) in [6.45, 7) is 2.12. The lowest BCUT2D eigenvalue weighted by molar-refractivity contribution is 0.162. The Morgan fingerprint density at radius 3 is 3.30 bits per heavy atom. The fourth-order valence-corrected chi connectivity index (χ4v) is 1.50. The van der Waals surface area contributed by atoms with Gasteiger partial charge in [0, 0.05) is 18.8 Å². The number of piperidine rings is 1. The molecule has 0 saturated carbocycles. The molecule has 0 unspecified atom stereocenters. The molecule has 3 heteroatoms. The van der Waals surface area contributed by atoms with Crippen molar-refractivity contribution in [2.45, 2.75) is 19.3 Å². The van der Waals surface area contributed by atoms with E-state index in [1.807, 2.05) is 0 Å². The Morgan fingerprint density at radius 2 is 2.40 bits per heavy atom. The topological polar surface area (TPSA) is 27.3 Å². The van der Waals surface area contributed by atoms with Crippen molar-refractivity contribution in [3.8, 4) is 0 Å². The molecule has 0 aromatic carbocycles. The number of allylic oxidation sites excluding steroid dienone is 1. The first kappa shape index (κ1) is 6.19. The van der Waals surface area contributed by atoms with Gasteiger partial charge in [-0.1, -0.05) is 0 Å². The van der Waals surface area contributed by atoms with E-state index in [4.69, 9.17) is 0 Å². The molecular weight excluding hydrogens is 126 g/mol. The summed E-state index contributed by atoms with van der Waals surface area (Å²) < 4.78 is 0.